The lowest BCUT2D eigenvalue weighted by Crippen LogP contribution is -2.25. The zero-order chi connectivity index (χ0) is 15.1. The highest BCUT2D eigenvalue weighted by Gasteiger charge is 2.11. The fraction of sp³-hybridized carbons (Fsp3) is 0.600. The Hall–Kier alpha value is -1.20. The average molecular weight is 287 g/mol. The van der Waals surface area contributed by atoms with Crippen LogP contribution >= 0.6 is 0 Å². The minimum atomic E-state index is -2.80. The summed E-state index contributed by atoms with van der Waals surface area (Å²) in [7, 11) is 0. The molecule has 0 aliphatic rings. The number of alkyl halides is 2. The van der Waals surface area contributed by atoms with Crippen molar-refractivity contribution in [2.45, 2.75) is 45.9 Å². The largest absolute Gasteiger partial charge is 0.435 e. The number of aliphatic hydroxyl groups is 1. The van der Waals surface area contributed by atoms with Crippen LogP contribution in [0.4, 0.5) is 8.78 Å². The fourth-order valence-corrected chi connectivity index (χ4v) is 1.84. The predicted octanol–water partition coefficient (Wildman–Crippen LogP) is 3.35. The molecule has 1 aromatic carbocycles. The van der Waals surface area contributed by atoms with Crippen LogP contribution in [-0.2, 0) is 0 Å². The van der Waals surface area contributed by atoms with Crippen LogP contribution in [0.1, 0.15) is 38.8 Å². The van der Waals surface area contributed by atoms with E-state index >= 15 is 0 Å². The monoisotopic (exact) mass is 287 g/mol. The smallest absolute Gasteiger partial charge is 0.387 e. The molecule has 0 saturated heterocycles. The Kier molecular flexibility index (Phi) is 6.88. The molecule has 0 saturated carbocycles. The summed E-state index contributed by atoms with van der Waals surface area (Å²) in [5, 5.41) is 13.0. The van der Waals surface area contributed by atoms with Crippen molar-refractivity contribution in [2.24, 2.45) is 5.92 Å². The van der Waals surface area contributed by atoms with Gasteiger partial charge < -0.3 is 15.2 Å². The standard InChI is InChI=1S/C15H23F2NO2/c1-10(2)14(19)8-9-18-11(3)12-4-6-13(7-5-12)20-15(16)17/h4-7,10-11,14-15,18-19H,8-9H2,1-3H3. The lowest BCUT2D eigenvalue weighted by molar-refractivity contribution is -0.0498. The third-order valence-electron chi connectivity index (χ3n) is 3.27. The minimum Gasteiger partial charge on any atom is -0.435 e. The van der Waals surface area contributed by atoms with E-state index in [2.05, 4.69) is 10.1 Å². The first kappa shape index (κ1) is 16.9. The Morgan fingerprint density at radius 2 is 1.75 bits per heavy atom. The summed E-state index contributed by atoms with van der Waals surface area (Å²) in [5.41, 5.74) is 0.991. The number of ether oxygens (including phenoxy) is 1. The van der Waals surface area contributed by atoms with Crippen molar-refractivity contribution in [2.75, 3.05) is 6.54 Å². The highest BCUT2D eigenvalue weighted by Crippen LogP contribution is 2.19. The van der Waals surface area contributed by atoms with E-state index in [1.807, 2.05) is 20.8 Å². The van der Waals surface area contributed by atoms with Gasteiger partial charge in [-0.3, -0.25) is 0 Å². The van der Waals surface area contributed by atoms with Gasteiger partial charge in [0.25, 0.3) is 0 Å². The molecule has 0 heterocycles. The maximum atomic E-state index is 12.0. The molecule has 1 rings (SSSR count). The van der Waals surface area contributed by atoms with Crippen molar-refractivity contribution in [1.29, 1.82) is 0 Å². The topological polar surface area (TPSA) is 41.5 Å². The van der Waals surface area contributed by atoms with Crippen LogP contribution < -0.4 is 10.1 Å². The van der Waals surface area contributed by atoms with E-state index < -0.39 is 6.61 Å². The summed E-state index contributed by atoms with van der Waals surface area (Å²) in [6.07, 6.45) is 0.380. The molecule has 2 atom stereocenters. The van der Waals surface area contributed by atoms with Crippen molar-refractivity contribution in [1.82, 2.24) is 5.32 Å². The van der Waals surface area contributed by atoms with Crippen LogP contribution in [0.5, 0.6) is 5.75 Å². The lowest BCUT2D eigenvalue weighted by Gasteiger charge is -2.18. The van der Waals surface area contributed by atoms with Gasteiger partial charge in [0.05, 0.1) is 6.10 Å². The second kappa shape index (κ2) is 8.17. The molecular formula is C15H23F2NO2. The Bertz CT molecular complexity index is 382. The van der Waals surface area contributed by atoms with Gasteiger partial charge in [0, 0.05) is 6.04 Å². The summed E-state index contributed by atoms with van der Waals surface area (Å²) >= 11 is 0. The normalized spacial score (nSPS) is 14.6. The van der Waals surface area contributed by atoms with Crippen molar-refractivity contribution in [3.63, 3.8) is 0 Å². The zero-order valence-corrected chi connectivity index (χ0v) is 12.1. The minimum absolute atomic E-state index is 0.0926. The van der Waals surface area contributed by atoms with Gasteiger partial charge in [-0.05, 0) is 43.5 Å². The van der Waals surface area contributed by atoms with E-state index in [1.165, 1.54) is 12.1 Å². The van der Waals surface area contributed by atoms with Crippen molar-refractivity contribution in [3.05, 3.63) is 29.8 Å². The Labute approximate surface area is 119 Å². The van der Waals surface area contributed by atoms with Crippen LogP contribution in [0.15, 0.2) is 24.3 Å². The molecule has 0 bridgehead atoms. The molecule has 1 aromatic rings. The molecule has 0 aliphatic carbocycles. The maximum Gasteiger partial charge on any atom is 0.387 e. The summed E-state index contributed by atoms with van der Waals surface area (Å²) in [4.78, 5) is 0. The lowest BCUT2D eigenvalue weighted by atomic mass is 10.0. The molecule has 0 radical (unpaired) electrons. The molecule has 0 aromatic heterocycles. The fourth-order valence-electron chi connectivity index (χ4n) is 1.84. The Morgan fingerprint density at radius 1 is 1.15 bits per heavy atom. The number of hydrogen-bond acceptors (Lipinski definition) is 3. The van der Waals surface area contributed by atoms with Crippen LogP contribution in [0, 0.1) is 5.92 Å². The number of nitrogens with one attached hydrogen (secondary N) is 1. The SMILES string of the molecule is CC(NCCC(O)C(C)C)c1ccc(OC(F)F)cc1. The Balaban J connectivity index is 2.41. The molecule has 5 heteroatoms. The van der Waals surface area contributed by atoms with E-state index in [4.69, 9.17) is 0 Å². The first-order valence-electron chi connectivity index (χ1n) is 6.86. The highest BCUT2D eigenvalue weighted by molar-refractivity contribution is 5.28. The summed E-state index contributed by atoms with van der Waals surface area (Å²) in [6, 6.07) is 6.67. The van der Waals surface area contributed by atoms with Crippen molar-refractivity contribution in [3.8, 4) is 5.75 Å². The van der Waals surface area contributed by atoms with Crippen LogP contribution in [0.3, 0.4) is 0 Å². The zero-order valence-electron chi connectivity index (χ0n) is 12.1. The maximum absolute atomic E-state index is 12.0. The summed E-state index contributed by atoms with van der Waals surface area (Å²) < 4.78 is 28.4. The number of benzene rings is 1. The molecule has 0 spiro atoms. The molecule has 0 fully saturated rings. The van der Waals surface area contributed by atoms with Gasteiger partial charge in [-0.15, -0.1) is 0 Å². The van der Waals surface area contributed by atoms with E-state index in [1.54, 1.807) is 12.1 Å². The van der Waals surface area contributed by atoms with Gasteiger partial charge in [-0.1, -0.05) is 26.0 Å². The average Bonchev–Trinajstić information content (AvgIpc) is 2.38. The quantitative estimate of drug-likeness (QED) is 0.770. The summed E-state index contributed by atoms with van der Waals surface area (Å²) in [6.45, 7) is 3.86. The Morgan fingerprint density at radius 3 is 2.25 bits per heavy atom. The predicted molar refractivity (Wildman–Crippen MR) is 75.0 cm³/mol. The number of hydrogen-bond donors (Lipinski definition) is 2. The number of aliphatic hydroxyl groups excluding tert-OH is 1. The molecular weight excluding hydrogens is 264 g/mol. The highest BCUT2D eigenvalue weighted by atomic mass is 19.3. The first-order chi connectivity index (χ1) is 9.40. The molecule has 0 amide bonds. The first-order valence-corrected chi connectivity index (χ1v) is 6.86. The molecule has 3 nitrogen and oxygen atoms in total. The number of rotatable bonds is 8. The number of halogens is 2. The van der Waals surface area contributed by atoms with Gasteiger partial charge in [0.2, 0.25) is 0 Å². The summed E-state index contributed by atoms with van der Waals surface area (Å²) in [5.74, 6) is 0.407. The van der Waals surface area contributed by atoms with E-state index in [-0.39, 0.29) is 23.8 Å². The van der Waals surface area contributed by atoms with Crippen LogP contribution in [0.2, 0.25) is 0 Å². The van der Waals surface area contributed by atoms with Gasteiger partial charge in [-0.25, -0.2) is 0 Å². The molecule has 114 valence electrons. The second-order valence-corrected chi connectivity index (χ2v) is 5.22. The van der Waals surface area contributed by atoms with E-state index in [9.17, 15) is 13.9 Å². The van der Waals surface area contributed by atoms with Crippen molar-refractivity contribution < 1.29 is 18.6 Å². The van der Waals surface area contributed by atoms with Crippen molar-refractivity contribution >= 4 is 0 Å². The van der Waals surface area contributed by atoms with Gasteiger partial charge in [0.1, 0.15) is 5.75 Å². The molecule has 2 unspecified atom stereocenters. The third kappa shape index (κ3) is 5.84. The van der Waals surface area contributed by atoms with Gasteiger partial charge >= 0.3 is 6.61 Å². The third-order valence-corrected chi connectivity index (χ3v) is 3.27. The van der Waals surface area contributed by atoms with Crippen LogP contribution in [0.25, 0.3) is 0 Å². The van der Waals surface area contributed by atoms with E-state index in [0.717, 1.165) is 5.56 Å². The second-order valence-electron chi connectivity index (χ2n) is 5.22. The van der Waals surface area contributed by atoms with Gasteiger partial charge in [0.15, 0.2) is 0 Å². The molecule has 20 heavy (non-hydrogen) atoms. The molecule has 2 N–H and O–H groups in total. The van der Waals surface area contributed by atoms with E-state index in [0.29, 0.717) is 13.0 Å². The molecule has 0 aliphatic heterocycles. The van der Waals surface area contributed by atoms with Crippen LogP contribution in [-0.4, -0.2) is 24.4 Å². The van der Waals surface area contributed by atoms with Gasteiger partial charge in [-0.2, -0.15) is 8.78 Å².